The molecule has 0 atom stereocenters. The molecule has 0 unspecified atom stereocenters. The fourth-order valence-corrected chi connectivity index (χ4v) is 4.19. The van der Waals surface area contributed by atoms with Crippen LogP contribution in [-0.2, 0) is 10.0 Å². The van der Waals surface area contributed by atoms with Gasteiger partial charge in [0, 0.05) is 7.05 Å². The second-order valence-electron chi connectivity index (χ2n) is 6.54. The van der Waals surface area contributed by atoms with Crippen molar-refractivity contribution in [3.63, 3.8) is 0 Å². The van der Waals surface area contributed by atoms with Gasteiger partial charge in [-0.15, -0.1) is 0 Å². The quantitative estimate of drug-likeness (QED) is 0.588. The second-order valence-corrected chi connectivity index (χ2v) is 8.66. The minimum absolute atomic E-state index is 0.0000576. The van der Waals surface area contributed by atoms with E-state index in [1.54, 1.807) is 6.92 Å². The Bertz CT molecular complexity index is 1290. The number of ether oxygens (including phenoxy) is 1. The number of nitrogens with zero attached hydrogens (tertiary/aromatic N) is 4. The molecule has 0 saturated heterocycles. The SMILES string of the molecule is CCCS(=O)(=O)N(C)c1ccc(F)c(Nc2ccc3ncc(OC)nc3c2C#N)c1F. The molecule has 11 heteroatoms. The molecule has 0 aliphatic heterocycles. The van der Waals surface area contributed by atoms with E-state index < -0.39 is 27.3 Å². The molecule has 0 spiro atoms. The molecule has 162 valence electrons. The lowest BCUT2D eigenvalue weighted by molar-refractivity contribution is 0.397. The Morgan fingerprint density at radius 3 is 2.65 bits per heavy atom. The number of anilines is 3. The molecule has 8 nitrogen and oxygen atoms in total. The van der Waals surface area contributed by atoms with Crippen LogP contribution < -0.4 is 14.4 Å². The van der Waals surface area contributed by atoms with E-state index in [0.717, 1.165) is 16.4 Å². The number of hydrogen-bond donors (Lipinski definition) is 1. The number of aromatic nitrogens is 2. The molecule has 0 aliphatic rings. The first-order valence-corrected chi connectivity index (χ1v) is 10.8. The van der Waals surface area contributed by atoms with Gasteiger partial charge in [-0.3, -0.25) is 4.31 Å². The summed E-state index contributed by atoms with van der Waals surface area (Å²) in [6.45, 7) is 1.68. The molecule has 0 radical (unpaired) electrons. The predicted molar refractivity (Wildman–Crippen MR) is 113 cm³/mol. The lowest BCUT2D eigenvalue weighted by atomic mass is 10.1. The van der Waals surface area contributed by atoms with E-state index in [2.05, 4.69) is 15.3 Å². The number of halogens is 2. The topological polar surface area (TPSA) is 108 Å². The lowest BCUT2D eigenvalue weighted by Gasteiger charge is -2.21. The molecule has 0 amide bonds. The molecule has 3 aromatic rings. The summed E-state index contributed by atoms with van der Waals surface area (Å²) in [6.07, 6.45) is 1.72. The second kappa shape index (κ2) is 8.69. The minimum atomic E-state index is -3.78. The molecule has 0 fully saturated rings. The first-order valence-electron chi connectivity index (χ1n) is 9.19. The molecule has 0 aliphatic carbocycles. The molecule has 3 rings (SSSR count). The fourth-order valence-electron chi connectivity index (χ4n) is 2.96. The number of rotatable bonds is 7. The van der Waals surface area contributed by atoms with Crippen LogP contribution in [0.3, 0.4) is 0 Å². The van der Waals surface area contributed by atoms with Crippen molar-refractivity contribution in [3.8, 4) is 11.9 Å². The van der Waals surface area contributed by atoms with Crippen molar-refractivity contribution in [1.82, 2.24) is 9.97 Å². The Labute approximate surface area is 178 Å². The summed E-state index contributed by atoms with van der Waals surface area (Å²) < 4.78 is 60.1. The zero-order valence-corrected chi connectivity index (χ0v) is 17.8. The Balaban J connectivity index is 2.11. The molecule has 1 heterocycles. The first-order chi connectivity index (χ1) is 14.7. The first kappa shape index (κ1) is 22.2. The molecular weight excluding hydrogens is 428 g/mol. The molecule has 1 N–H and O–H groups in total. The highest BCUT2D eigenvalue weighted by Gasteiger charge is 2.24. The number of fused-ring (bicyclic) bond motifs is 1. The van der Waals surface area contributed by atoms with Crippen LogP contribution >= 0.6 is 0 Å². The van der Waals surface area contributed by atoms with E-state index in [-0.39, 0.29) is 34.1 Å². The average molecular weight is 447 g/mol. The van der Waals surface area contributed by atoms with Gasteiger partial charge < -0.3 is 10.1 Å². The van der Waals surface area contributed by atoms with Gasteiger partial charge >= 0.3 is 0 Å². The summed E-state index contributed by atoms with van der Waals surface area (Å²) >= 11 is 0. The molecule has 31 heavy (non-hydrogen) atoms. The van der Waals surface area contributed by atoms with Gasteiger partial charge in [-0.2, -0.15) is 5.26 Å². The summed E-state index contributed by atoms with van der Waals surface area (Å²) in [6, 6.07) is 6.92. The Kier molecular flexibility index (Phi) is 6.21. The van der Waals surface area contributed by atoms with Gasteiger partial charge in [0.2, 0.25) is 15.9 Å². The summed E-state index contributed by atoms with van der Waals surface area (Å²) in [5.74, 6) is -2.08. The van der Waals surface area contributed by atoms with Gasteiger partial charge in [0.1, 0.15) is 28.7 Å². The third-order valence-electron chi connectivity index (χ3n) is 4.56. The molecule has 0 saturated carbocycles. The van der Waals surface area contributed by atoms with Crippen molar-refractivity contribution in [3.05, 3.63) is 47.7 Å². The van der Waals surface area contributed by atoms with E-state index in [1.165, 1.54) is 32.5 Å². The van der Waals surface area contributed by atoms with E-state index in [4.69, 9.17) is 4.74 Å². The maximum absolute atomic E-state index is 15.2. The highest BCUT2D eigenvalue weighted by atomic mass is 32.2. The van der Waals surface area contributed by atoms with Crippen molar-refractivity contribution >= 4 is 38.1 Å². The summed E-state index contributed by atoms with van der Waals surface area (Å²) in [5, 5.41) is 12.2. The van der Waals surface area contributed by atoms with E-state index in [1.807, 2.05) is 6.07 Å². The number of nitrogens with one attached hydrogen (secondary N) is 1. The summed E-state index contributed by atoms with van der Waals surface area (Å²) in [4.78, 5) is 8.33. The highest BCUT2D eigenvalue weighted by molar-refractivity contribution is 7.92. The zero-order chi connectivity index (χ0) is 22.8. The molecule has 2 aromatic carbocycles. The van der Waals surface area contributed by atoms with Crippen LogP contribution in [-0.4, -0.2) is 38.3 Å². The zero-order valence-electron chi connectivity index (χ0n) is 17.0. The van der Waals surface area contributed by atoms with Gasteiger partial charge in [-0.25, -0.2) is 27.2 Å². The van der Waals surface area contributed by atoms with Crippen LogP contribution in [0, 0.1) is 23.0 Å². The number of benzene rings is 2. The third kappa shape index (κ3) is 4.20. The molecule has 0 bridgehead atoms. The van der Waals surface area contributed by atoms with Gasteiger partial charge in [0.25, 0.3) is 0 Å². The van der Waals surface area contributed by atoms with Crippen LogP contribution in [0.5, 0.6) is 5.88 Å². The lowest BCUT2D eigenvalue weighted by Crippen LogP contribution is -2.29. The number of hydrogen-bond acceptors (Lipinski definition) is 7. The van der Waals surface area contributed by atoms with E-state index >= 15 is 4.39 Å². The standard InChI is InChI=1S/C20H19F2N5O3S/c1-4-9-31(28,29)27(2)16-8-5-13(21)20(18(16)22)25-14-6-7-15-19(12(14)10-23)26-17(30-3)11-24-15/h5-8,11,25H,4,9H2,1-3H3. The maximum Gasteiger partial charge on any atom is 0.234 e. The predicted octanol–water partition coefficient (Wildman–Crippen LogP) is 3.71. The van der Waals surface area contributed by atoms with Crippen LogP contribution in [0.15, 0.2) is 30.5 Å². The van der Waals surface area contributed by atoms with Gasteiger partial charge in [-0.05, 0) is 30.7 Å². The number of sulfonamides is 1. The van der Waals surface area contributed by atoms with Crippen molar-refractivity contribution < 1.29 is 21.9 Å². The Morgan fingerprint density at radius 2 is 2.00 bits per heavy atom. The minimum Gasteiger partial charge on any atom is -0.480 e. The van der Waals surface area contributed by atoms with Crippen molar-refractivity contribution in [2.75, 3.05) is 29.5 Å². The smallest absolute Gasteiger partial charge is 0.234 e. The maximum atomic E-state index is 15.2. The van der Waals surface area contributed by atoms with Crippen molar-refractivity contribution in [1.29, 1.82) is 5.26 Å². The highest BCUT2D eigenvalue weighted by Crippen LogP contribution is 2.34. The van der Waals surface area contributed by atoms with Crippen LogP contribution in [0.2, 0.25) is 0 Å². The van der Waals surface area contributed by atoms with Gasteiger partial charge in [0.05, 0.1) is 36.0 Å². The van der Waals surface area contributed by atoms with Crippen molar-refractivity contribution in [2.45, 2.75) is 13.3 Å². The Morgan fingerprint density at radius 1 is 1.26 bits per heavy atom. The average Bonchev–Trinajstić information content (AvgIpc) is 2.75. The molecule has 1 aromatic heterocycles. The normalized spacial score (nSPS) is 11.2. The van der Waals surface area contributed by atoms with Crippen LogP contribution in [0.4, 0.5) is 25.8 Å². The van der Waals surface area contributed by atoms with Crippen LogP contribution in [0.1, 0.15) is 18.9 Å². The van der Waals surface area contributed by atoms with Crippen LogP contribution in [0.25, 0.3) is 11.0 Å². The number of nitriles is 1. The largest absolute Gasteiger partial charge is 0.480 e. The van der Waals surface area contributed by atoms with E-state index in [9.17, 15) is 18.1 Å². The third-order valence-corrected chi connectivity index (χ3v) is 6.52. The molecular formula is C20H19F2N5O3S. The van der Waals surface area contributed by atoms with Gasteiger partial charge in [0.15, 0.2) is 5.82 Å². The Hall–Kier alpha value is -3.52. The van der Waals surface area contributed by atoms with Crippen molar-refractivity contribution in [2.24, 2.45) is 0 Å². The number of methoxy groups -OCH3 is 1. The summed E-state index contributed by atoms with van der Waals surface area (Å²) in [7, 11) is -1.19. The fraction of sp³-hybridized carbons (Fsp3) is 0.250. The monoisotopic (exact) mass is 447 g/mol. The summed E-state index contributed by atoms with van der Waals surface area (Å²) in [5.41, 5.74) is -0.262. The van der Waals surface area contributed by atoms with Gasteiger partial charge in [-0.1, -0.05) is 6.92 Å². The van der Waals surface area contributed by atoms with E-state index in [0.29, 0.717) is 11.9 Å².